The Morgan fingerprint density at radius 2 is 1.88 bits per heavy atom. The van der Waals surface area contributed by atoms with Crippen LogP contribution < -0.4 is 20.5 Å². The molecule has 2 aliphatic rings. The number of nitrogens with one attached hydrogen (secondary N) is 1. The quantitative estimate of drug-likeness (QED) is 0.455. The fourth-order valence-corrected chi connectivity index (χ4v) is 3.15. The van der Waals surface area contributed by atoms with E-state index in [2.05, 4.69) is 27.2 Å². The van der Waals surface area contributed by atoms with E-state index in [4.69, 9.17) is 15.2 Å². The van der Waals surface area contributed by atoms with Crippen LogP contribution in [0.25, 0.3) is 0 Å². The number of benzene rings is 1. The number of nitrogens with two attached hydrogens (primary N) is 1. The lowest BCUT2D eigenvalue weighted by Crippen LogP contribution is -2.44. The van der Waals surface area contributed by atoms with E-state index in [9.17, 15) is 0 Å². The lowest BCUT2D eigenvalue weighted by atomic mass is 10.2. The van der Waals surface area contributed by atoms with Crippen molar-refractivity contribution in [2.75, 3.05) is 64.8 Å². The van der Waals surface area contributed by atoms with Gasteiger partial charge in [0.2, 0.25) is 0 Å². The maximum Gasteiger partial charge on any atom is 0.193 e. The van der Waals surface area contributed by atoms with Gasteiger partial charge in [-0.05, 0) is 38.6 Å². The summed E-state index contributed by atoms with van der Waals surface area (Å²) in [4.78, 5) is 9.34. The Bertz CT molecular complexity index is 600. The second kappa shape index (κ2) is 9.64. The zero-order chi connectivity index (χ0) is 18.2. The lowest BCUT2D eigenvalue weighted by Gasteiger charge is -2.32. The molecule has 7 heteroatoms. The van der Waals surface area contributed by atoms with E-state index in [-0.39, 0.29) is 0 Å². The molecular formula is C19H31N5O2. The third-order valence-corrected chi connectivity index (χ3v) is 4.78. The second-order valence-electron chi connectivity index (χ2n) is 6.96. The normalized spacial score (nSPS) is 19.2. The van der Waals surface area contributed by atoms with Gasteiger partial charge < -0.3 is 30.3 Å². The number of rotatable bonds is 6. The molecule has 1 fully saturated rings. The van der Waals surface area contributed by atoms with Crippen LogP contribution in [0.1, 0.15) is 19.3 Å². The Hall–Kier alpha value is -1.99. The van der Waals surface area contributed by atoms with Crippen molar-refractivity contribution in [3.05, 3.63) is 18.2 Å². The molecule has 3 N–H and O–H groups in total. The first kappa shape index (κ1) is 18.8. The van der Waals surface area contributed by atoms with Crippen LogP contribution in [0.4, 0.5) is 5.69 Å². The number of anilines is 1. The maximum absolute atomic E-state index is 6.00. The smallest absolute Gasteiger partial charge is 0.193 e. The summed E-state index contributed by atoms with van der Waals surface area (Å²) in [5.41, 5.74) is 6.87. The Labute approximate surface area is 156 Å². The number of piperazine rings is 1. The molecule has 0 bridgehead atoms. The molecule has 3 rings (SSSR count). The van der Waals surface area contributed by atoms with E-state index in [1.807, 2.05) is 18.2 Å². The zero-order valence-corrected chi connectivity index (χ0v) is 15.7. The first-order valence-corrected chi connectivity index (χ1v) is 9.58. The molecule has 0 aromatic heterocycles. The van der Waals surface area contributed by atoms with Crippen molar-refractivity contribution in [2.24, 2.45) is 10.7 Å². The van der Waals surface area contributed by atoms with Gasteiger partial charge in [0.15, 0.2) is 17.5 Å². The molecule has 0 spiro atoms. The van der Waals surface area contributed by atoms with Crippen molar-refractivity contribution in [1.82, 2.24) is 9.80 Å². The average molecular weight is 361 g/mol. The van der Waals surface area contributed by atoms with Crippen LogP contribution in [0, 0.1) is 0 Å². The summed E-state index contributed by atoms with van der Waals surface area (Å²) in [7, 11) is 2.19. The van der Waals surface area contributed by atoms with Gasteiger partial charge in [0.25, 0.3) is 0 Å². The Morgan fingerprint density at radius 1 is 1.12 bits per heavy atom. The van der Waals surface area contributed by atoms with Crippen molar-refractivity contribution in [2.45, 2.75) is 19.3 Å². The van der Waals surface area contributed by atoms with Crippen LogP contribution in [-0.4, -0.2) is 75.3 Å². The van der Waals surface area contributed by atoms with Crippen LogP contribution in [0.2, 0.25) is 0 Å². The van der Waals surface area contributed by atoms with Crippen molar-refractivity contribution in [3.8, 4) is 11.5 Å². The number of hydrogen-bond acceptors (Lipinski definition) is 5. The van der Waals surface area contributed by atoms with Crippen molar-refractivity contribution >= 4 is 11.6 Å². The molecule has 2 aliphatic heterocycles. The maximum atomic E-state index is 6.00. The minimum atomic E-state index is 0.444. The molecule has 2 heterocycles. The van der Waals surface area contributed by atoms with Gasteiger partial charge in [0, 0.05) is 50.9 Å². The highest BCUT2D eigenvalue weighted by Crippen LogP contribution is 2.32. The zero-order valence-electron chi connectivity index (χ0n) is 15.7. The molecule has 7 nitrogen and oxygen atoms in total. The third-order valence-electron chi connectivity index (χ3n) is 4.78. The molecule has 0 unspecified atom stereocenters. The number of hydrogen-bond donors (Lipinski definition) is 2. The molecule has 144 valence electrons. The molecule has 1 aromatic carbocycles. The van der Waals surface area contributed by atoms with Gasteiger partial charge in [-0.25, -0.2) is 0 Å². The second-order valence-corrected chi connectivity index (χ2v) is 6.96. The Morgan fingerprint density at radius 3 is 2.69 bits per heavy atom. The molecule has 0 saturated carbocycles. The van der Waals surface area contributed by atoms with Gasteiger partial charge in [0.1, 0.15) is 0 Å². The highest BCUT2D eigenvalue weighted by molar-refractivity contribution is 5.92. The summed E-state index contributed by atoms with van der Waals surface area (Å²) in [6.07, 6.45) is 3.11. The molecule has 1 aromatic rings. The number of aliphatic imine (C=N–C) groups is 1. The van der Waals surface area contributed by atoms with Crippen LogP contribution in [0.5, 0.6) is 11.5 Å². The minimum absolute atomic E-state index is 0.444. The summed E-state index contributed by atoms with van der Waals surface area (Å²) >= 11 is 0. The van der Waals surface area contributed by atoms with E-state index < -0.39 is 0 Å². The van der Waals surface area contributed by atoms with Crippen molar-refractivity contribution in [1.29, 1.82) is 0 Å². The summed E-state index contributed by atoms with van der Waals surface area (Å²) < 4.78 is 11.3. The van der Waals surface area contributed by atoms with E-state index in [1.54, 1.807) is 0 Å². The lowest BCUT2D eigenvalue weighted by molar-refractivity contribution is 0.152. The number of ether oxygens (including phenoxy) is 2. The van der Waals surface area contributed by atoms with Crippen LogP contribution in [-0.2, 0) is 0 Å². The van der Waals surface area contributed by atoms with Gasteiger partial charge >= 0.3 is 0 Å². The Kier molecular flexibility index (Phi) is 6.96. The molecule has 0 amide bonds. The monoisotopic (exact) mass is 361 g/mol. The van der Waals surface area contributed by atoms with Crippen molar-refractivity contribution < 1.29 is 9.47 Å². The van der Waals surface area contributed by atoms with E-state index in [1.165, 1.54) is 26.2 Å². The van der Waals surface area contributed by atoms with Gasteiger partial charge in [0.05, 0.1) is 13.2 Å². The number of fused-ring (bicyclic) bond motifs is 1. The molecule has 0 aliphatic carbocycles. The third kappa shape index (κ3) is 5.78. The van der Waals surface area contributed by atoms with Gasteiger partial charge in [-0.2, -0.15) is 0 Å². The van der Waals surface area contributed by atoms with Gasteiger partial charge in [-0.1, -0.05) is 0 Å². The number of unbranched alkanes of at least 4 members (excludes halogenated alkanes) is 1. The van der Waals surface area contributed by atoms with E-state index in [0.717, 1.165) is 49.5 Å². The topological polar surface area (TPSA) is 75.4 Å². The summed E-state index contributed by atoms with van der Waals surface area (Å²) in [6, 6.07) is 5.76. The molecule has 26 heavy (non-hydrogen) atoms. The number of likely N-dealkylation sites (N-methyl/N-ethyl adjacent to an activating group) is 1. The highest BCUT2D eigenvalue weighted by Gasteiger charge is 2.13. The predicted octanol–water partition coefficient (Wildman–Crippen LogP) is 1.60. The molecule has 0 radical (unpaired) electrons. The van der Waals surface area contributed by atoms with E-state index >= 15 is 0 Å². The standard InChI is InChI=1S/C19H31N5O2/c1-23-9-11-24(12-10-23)8-3-2-7-21-19(20)22-16-5-6-17-18(15-16)26-14-4-13-25-17/h5-6,15H,2-4,7-14H2,1H3,(H3,20,21,22). The average Bonchev–Trinajstić information content (AvgIpc) is 2.88. The Balaban J connectivity index is 1.38. The molecular weight excluding hydrogens is 330 g/mol. The SMILES string of the molecule is CN1CCN(CCCCN=C(N)Nc2ccc3c(c2)OCCCO3)CC1. The molecule has 0 atom stereocenters. The summed E-state index contributed by atoms with van der Waals surface area (Å²) in [6.45, 7) is 7.96. The first-order valence-electron chi connectivity index (χ1n) is 9.58. The van der Waals surface area contributed by atoms with Gasteiger partial charge in [-0.3, -0.25) is 4.99 Å². The minimum Gasteiger partial charge on any atom is -0.490 e. The van der Waals surface area contributed by atoms with Crippen LogP contribution in [0.3, 0.4) is 0 Å². The van der Waals surface area contributed by atoms with E-state index in [0.29, 0.717) is 19.2 Å². The van der Waals surface area contributed by atoms with Gasteiger partial charge in [-0.15, -0.1) is 0 Å². The molecule has 1 saturated heterocycles. The van der Waals surface area contributed by atoms with Crippen LogP contribution >= 0.6 is 0 Å². The van der Waals surface area contributed by atoms with Crippen molar-refractivity contribution in [3.63, 3.8) is 0 Å². The summed E-state index contributed by atoms with van der Waals surface area (Å²) in [5, 5.41) is 3.13. The fraction of sp³-hybridized carbons (Fsp3) is 0.632. The number of nitrogens with zero attached hydrogens (tertiary/aromatic N) is 3. The first-order chi connectivity index (χ1) is 12.7. The van der Waals surface area contributed by atoms with Crippen LogP contribution in [0.15, 0.2) is 23.2 Å². The fourth-order valence-electron chi connectivity index (χ4n) is 3.15. The summed E-state index contributed by atoms with van der Waals surface area (Å²) in [5.74, 6) is 1.99. The largest absolute Gasteiger partial charge is 0.490 e. The number of guanidine groups is 1. The predicted molar refractivity (Wildman–Crippen MR) is 105 cm³/mol. The highest BCUT2D eigenvalue weighted by atomic mass is 16.5.